The van der Waals surface area contributed by atoms with E-state index in [-0.39, 0.29) is 11.8 Å². The molecule has 0 spiro atoms. The molecule has 0 unspecified atom stereocenters. The number of nitrogens with one attached hydrogen (secondary N) is 1. The second kappa shape index (κ2) is 7.91. The fourth-order valence-corrected chi connectivity index (χ4v) is 2.84. The lowest BCUT2D eigenvalue weighted by Gasteiger charge is -2.12. The summed E-state index contributed by atoms with van der Waals surface area (Å²) in [5.74, 6) is 1.74. The second-order valence-corrected chi connectivity index (χ2v) is 6.72. The molecule has 0 bridgehead atoms. The third kappa shape index (κ3) is 4.02. The largest absolute Gasteiger partial charge is 0.491 e. The quantitative estimate of drug-likeness (QED) is 0.411. The van der Waals surface area contributed by atoms with Crippen molar-refractivity contribution < 1.29 is 14.3 Å². The number of hydrogen-bond acceptors (Lipinski definition) is 6. The summed E-state index contributed by atoms with van der Waals surface area (Å²) in [5.41, 5.74) is 1.24. The molecule has 0 aromatic carbocycles. The molecule has 2 aromatic heterocycles. The first kappa shape index (κ1) is 19.1. The van der Waals surface area contributed by atoms with Gasteiger partial charge in [0.2, 0.25) is 5.91 Å². The fraction of sp³-hybridized carbons (Fsp3) is 0.333. The van der Waals surface area contributed by atoms with E-state index in [1.54, 1.807) is 25.5 Å². The minimum atomic E-state index is -0.0514. The molecule has 3 rings (SSSR count). The lowest BCUT2D eigenvalue weighted by atomic mass is 10.3. The van der Waals surface area contributed by atoms with Crippen molar-refractivity contribution in [3.8, 4) is 11.5 Å². The fourth-order valence-electron chi connectivity index (χ4n) is 2.50. The van der Waals surface area contributed by atoms with Crippen LogP contribution in [-0.2, 0) is 11.8 Å². The van der Waals surface area contributed by atoms with Crippen LogP contribution in [0.1, 0.15) is 19.8 Å². The highest BCUT2D eigenvalue weighted by molar-refractivity contribution is 9.10. The Kier molecular flexibility index (Phi) is 5.59. The Labute approximate surface area is 165 Å². The van der Waals surface area contributed by atoms with Crippen molar-refractivity contribution in [3.05, 3.63) is 34.7 Å². The van der Waals surface area contributed by atoms with E-state index in [1.165, 1.54) is 0 Å². The van der Waals surface area contributed by atoms with E-state index in [9.17, 15) is 4.79 Å². The van der Waals surface area contributed by atoms with E-state index in [0.717, 1.165) is 12.8 Å². The number of aliphatic imine (C=N–C) groups is 1. The van der Waals surface area contributed by atoms with Crippen LogP contribution in [0.2, 0.25) is 0 Å². The SMILES string of the molecule is C=N/C(=C\C(=C/C)Oc1cnc2nc(Br)n(C)c2c1OC)NC(=O)C1CC1. The summed E-state index contributed by atoms with van der Waals surface area (Å²) < 4.78 is 13.9. The van der Waals surface area contributed by atoms with Crippen LogP contribution in [-0.4, -0.2) is 34.3 Å². The minimum absolute atomic E-state index is 0.0514. The number of amides is 1. The van der Waals surface area contributed by atoms with Crippen LogP contribution in [0.4, 0.5) is 0 Å². The molecular formula is C18H20BrN5O3. The average molecular weight is 434 g/mol. The Hall–Kier alpha value is -2.68. The number of pyridine rings is 1. The van der Waals surface area contributed by atoms with Crippen LogP contribution in [0, 0.1) is 5.92 Å². The van der Waals surface area contributed by atoms with Crippen LogP contribution in [0.3, 0.4) is 0 Å². The minimum Gasteiger partial charge on any atom is -0.491 e. The van der Waals surface area contributed by atoms with Crippen molar-refractivity contribution in [3.63, 3.8) is 0 Å². The third-order valence-electron chi connectivity index (χ3n) is 4.13. The Morgan fingerprint density at radius 2 is 2.26 bits per heavy atom. The van der Waals surface area contributed by atoms with Gasteiger partial charge in [-0.15, -0.1) is 0 Å². The second-order valence-electron chi connectivity index (χ2n) is 6.01. The molecule has 1 fully saturated rings. The van der Waals surface area contributed by atoms with Crippen molar-refractivity contribution in [2.45, 2.75) is 19.8 Å². The molecule has 0 radical (unpaired) electrons. The molecule has 2 aromatic rings. The predicted octanol–water partition coefficient (Wildman–Crippen LogP) is 3.09. The van der Waals surface area contributed by atoms with E-state index in [1.807, 2.05) is 18.5 Å². The van der Waals surface area contributed by atoms with Crippen LogP contribution in [0.5, 0.6) is 11.5 Å². The van der Waals surface area contributed by atoms with Gasteiger partial charge in [-0.25, -0.2) is 15.0 Å². The maximum absolute atomic E-state index is 11.9. The monoisotopic (exact) mass is 433 g/mol. The summed E-state index contributed by atoms with van der Waals surface area (Å²) in [6.07, 6.45) is 6.72. The molecule has 1 amide bonds. The van der Waals surface area contributed by atoms with Crippen molar-refractivity contribution in [2.75, 3.05) is 7.11 Å². The number of aryl methyl sites for hydroxylation is 1. The molecule has 1 N–H and O–H groups in total. The van der Waals surface area contributed by atoms with Crippen LogP contribution in [0.15, 0.2) is 39.7 Å². The van der Waals surface area contributed by atoms with Crippen LogP contribution in [0.25, 0.3) is 11.2 Å². The van der Waals surface area contributed by atoms with Gasteiger partial charge in [0.15, 0.2) is 21.9 Å². The standard InChI is InChI=1S/C18H20BrN5O3/c1-5-11(8-13(20-2)22-17(25)10-6-7-10)27-12-9-21-16-14(15(12)26-4)24(3)18(19)23-16/h5,8-10H,2,6-7H2,1,3-4H3,(H,22,25)/b11-5+,13-8+. The van der Waals surface area contributed by atoms with Crippen molar-refractivity contribution in [2.24, 2.45) is 18.0 Å². The highest BCUT2D eigenvalue weighted by atomic mass is 79.9. The van der Waals surface area contributed by atoms with E-state index < -0.39 is 0 Å². The van der Waals surface area contributed by atoms with E-state index in [4.69, 9.17) is 9.47 Å². The van der Waals surface area contributed by atoms with Gasteiger partial charge in [0.25, 0.3) is 0 Å². The average Bonchev–Trinajstić information content (AvgIpc) is 3.47. The summed E-state index contributed by atoms with van der Waals surface area (Å²) >= 11 is 3.38. The van der Waals surface area contributed by atoms with Crippen LogP contribution < -0.4 is 14.8 Å². The number of carbonyl (C=O) groups excluding carboxylic acids is 1. The summed E-state index contributed by atoms with van der Waals surface area (Å²) in [6.45, 7) is 5.32. The van der Waals surface area contributed by atoms with E-state index in [0.29, 0.717) is 39.0 Å². The Morgan fingerprint density at radius 1 is 1.52 bits per heavy atom. The van der Waals surface area contributed by atoms with Gasteiger partial charge in [-0.05, 0) is 48.5 Å². The molecule has 0 atom stereocenters. The lowest BCUT2D eigenvalue weighted by Crippen LogP contribution is -2.23. The molecule has 1 aliphatic carbocycles. The number of halogens is 1. The first-order chi connectivity index (χ1) is 13.0. The number of fused-ring (bicyclic) bond motifs is 1. The lowest BCUT2D eigenvalue weighted by molar-refractivity contribution is -0.121. The first-order valence-electron chi connectivity index (χ1n) is 8.36. The number of ether oxygens (including phenoxy) is 2. The predicted molar refractivity (Wildman–Crippen MR) is 106 cm³/mol. The van der Waals surface area contributed by atoms with Gasteiger partial charge >= 0.3 is 0 Å². The third-order valence-corrected chi connectivity index (χ3v) is 4.84. The molecule has 0 saturated heterocycles. The maximum atomic E-state index is 11.9. The van der Waals surface area contributed by atoms with Gasteiger partial charge in [0, 0.05) is 19.0 Å². The summed E-state index contributed by atoms with van der Waals surface area (Å²) in [7, 11) is 3.40. The molecule has 0 aliphatic heterocycles. The molecule has 9 heteroatoms. The van der Waals surface area contributed by atoms with E-state index in [2.05, 4.69) is 42.9 Å². The van der Waals surface area contributed by atoms with Gasteiger partial charge in [0.05, 0.1) is 13.3 Å². The van der Waals surface area contributed by atoms with Crippen molar-refractivity contribution in [1.29, 1.82) is 0 Å². The van der Waals surface area contributed by atoms with Gasteiger partial charge in [-0.2, -0.15) is 0 Å². The Bertz CT molecular complexity index is 960. The number of nitrogens with zero attached hydrogens (tertiary/aromatic N) is 4. The number of imidazole rings is 1. The zero-order valence-corrected chi connectivity index (χ0v) is 16.9. The molecule has 2 heterocycles. The van der Waals surface area contributed by atoms with Gasteiger partial charge in [0.1, 0.15) is 17.1 Å². The number of aromatic nitrogens is 3. The summed E-state index contributed by atoms with van der Waals surface area (Å²) in [5, 5.41) is 2.75. The van der Waals surface area contributed by atoms with Gasteiger partial charge in [-0.1, -0.05) is 0 Å². The van der Waals surface area contributed by atoms with Crippen molar-refractivity contribution >= 4 is 39.7 Å². The molecule has 27 heavy (non-hydrogen) atoms. The Balaban J connectivity index is 1.89. The summed E-state index contributed by atoms with van der Waals surface area (Å²) in [4.78, 5) is 24.4. The van der Waals surface area contributed by atoms with Gasteiger partial charge < -0.3 is 19.4 Å². The topological polar surface area (TPSA) is 90.6 Å². The van der Waals surface area contributed by atoms with E-state index >= 15 is 0 Å². The Morgan fingerprint density at radius 3 is 2.85 bits per heavy atom. The number of carbonyl (C=O) groups is 1. The normalized spacial score (nSPS) is 15.0. The highest BCUT2D eigenvalue weighted by Crippen LogP contribution is 2.36. The van der Waals surface area contributed by atoms with Crippen LogP contribution >= 0.6 is 15.9 Å². The smallest absolute Gasteiger partial charge is 0.228 e. The maximum Gasteiger partial charge on any atom is 0.228 e. The molecule has 142 valence electrons. The highest BCUT2D eigenvalue weighted by Gasteiger charge is 2.30. The molecule has 1 saturated carbocycles. The first-order valence-corrected chi connectivity index (χ1v) is 9.16. The van der Waals surface area contributed by atoms with Crippen molar-refractivity contribution in [1.82, 2.24) is 19.9 Å². The number of methoxy groups -OCH3 is 1. The molecular weight excluding hydrogens is 414 g/mol. The molecule has 8 nitrogen and oxygen atoms in total. The zero-order valence-electron chi connectivity index (χ0n) is 15.3. The number of hydrogen-bond donors (Lipinski definition) is 1. The number of allylic oxidation sites excluding steroid dienone is 2. The molecule has 1 aliphatic rings. The number of rotatable bonds is 7. The van der Waals surface area contributed by atoms with Gasteiger partial charge in [-0.3, -0.25) is 4.79 Å². The zero-order chi connectivity index (χ0) is 19.6. The summed E-state index contributed by atoms with van der Waals surface area (Å²) in [6, 6.07) is 0.